The number of rotatable bonds is 5. The zero-order valence-electron chi connectivity index (χ0n) is 30.8. The van der Waals surface area contributed by atoms with E-state index < -0.39 is 0 Å². The van der Waals surface area contributed by atoms with Crippen LogP contribution in [0.2, 0.25) is 0 Å². The monoisotopic (exact) mass is 724 g/mol. The van der Waals surface area contributed by atoms with Crippen molar-refractivity contribution in [3.63, 3.8) is 0 Å². The summed E-state index contributed by atoms with van der Waals surface area (Å²) >= 11 is 0. The van der Waals surface area contributed by atoms with Gasteiger partial charge < -0.3 is 4.57 Å². The molecule has 0 bridgehead atoms. The first kappa shape index (κ1) is 31.6. The predicted octanol–water partition coefficient (Wildman–Crippen LogP) is 13.6. The summed E-state index contributed by atoms with van der Waals surface area (Å²) in [5, 5.41) is 7.34. The lowest BCUT2D eigenvalue weighted by Crippen LogP contribution is -2.05. The lowest BCUT2D eigenvalue weighted by molar-refractivity contribution is 1.07. The molecular weight excluding hydrogens is 693 g/mol. The van der Waals surface area contributed by atoms with Gasteiger partial charge in [-0.25, -0.2) is 15.0 Å². The zero-order chi connectivity index (χ0) is 37.5. The minimum atomic E-state index is 0.617. The van der Waals surface area contributed by atoms with Crippen LogP contribution in [0.25, 0.3) is 117 Å². The summed E-state index contributed by atoms with van der Waals surface area (Å²) in [6.07, 6.45) is 0. The molecular formula is C53H32N4. The minimum absolute atomic E-state index is 0.617. The maximum atomic E-state index is 5.41. The van der Waals surface area contributed by atoms with Crippen LogP contribution in [-0.2, 0) is 0 Å². The Hall–Kier alpha value is -7.69. The van der Waals surface area contributed by atoms with E-state index in [0.29, 0.717) is 17.5 Å². The molecule has 1 aliphatic carbocycles. The largest absolute Gasteiger partial charge is 0.308 e. The Bertz CT molecular complexity index is 3400. The lowest BCUT2D eigenvalue weighted by atomic mass is 9.93. The summed E-state index contributed by atoms with van der Waals surface area (Å²) in [5.74, 6) is 1.87. The Morgan fingerprint density at radius 1 is 0.298 bits per heavy atom. The van der Waals surface area contributed by atoms with Gasteiger partial charge in [0, 0.05) is 21.9 Å². The van der Waals surface area contributed by atoms with Crippen LogP contribution in [0.1, 0.15) is 0 Å². The van der Waals surface area contributed by atoms with Gasteiger partial charge in [0.05, 0.1) is 22.3 Å². The third-order valence-electron chi connectivity index (χ3n) is 11.6. The normalized spacial score (nSPS) is 11.9. The van der Waals surface area contributed by atoms with Crippen molar-refractivity contribution in [3.8, 4) is 73.2 Å². The summed E-state index contributed by atoms with van der Waals surface area (Å²) in [6.45, 7) is 0. The molecule has 0 atom stereocenters. The quantitative estimate of drug-likeness (QED) is 0.177. The molecule has 4 heteroatoms. The second kappa shape index (κ2) is 12.4. The zero-order valence-corrected chi connectivity index (χ0v) is 30.8. The molecule has 0 aliphatic heterocycles. The molecule has 0 saturated carbocycles. The summed E-state index contributed by atoms with van der Waals surface area (Å²) in [7, 11) is 0. The number of nitrogens with zero attached hydrogens (tertiary/aromatic N) is 4. The van der Waals surface area contributed by atoms with Gasteiger partial charge in [-0.15, -0.1) is 0 Å². The number of aromatic nitrogens is 4. The van der Waals surface area contributed by atoms with E-state index in [9.17, 15) is 0 Å². The summed E-state index contributed by atoms with van der Waals surface area (Å²) in [4.78, 5) is 15.9. The van der Waals surface area contributed by atoms with Crippen LogP contribution in [0.4, 0.5) is 0 Å². The molecule has 0 amide bonds. The maximum absolute atomic E-state index is 5.41. The molecule has 1 aliphatic rings. The SMILES string of the molecule is c1ccc(-c2nc(-c3ccc4ccccc4c3)nc(-c3c(-c4ccccc4)cccc3-n3c4cccc5c4c4c6c(cccc6ccc43)-c3ccccc3-5)n2)cc1. The Morgan fingerprint density at radius 2 is 0.842 bits per heavy atom. The van der Waals surface area contributed by atoms with Gasteiger partial charge in [-0.3, -0.25) is 0 Å². The average Bonchev–Trinajstić information content (AvgIpc) is 3.57. The van der Waals surface area contributed by atoms with E-state index in [1.807, 2.05) is 18.2 Å². The summed E-state index contributed by atoms with van der Waals surface area (Å²) in [5.41, 5.74) is 13.2. The molecule has 4 nitrogen and oxygen atoms in total. The van der Waals surface area contributed by atoms with Gasteiger partial charge in [0.15, 0.2) is 17.5 Å². The first-order valence-electron chi connectivity index (χ1n) is 19.4. The highest BCUT2D eigenvalue weighted by Gasteiger charge is 2.27. The number of benzene rings is 9. The van der Waals surface area contributed by atoms with Crippen molar-refractivity contribution >= 4 is 43.4 Å². The van der Waals surface area contributed by atoms with E-state index in [1.54, 1.807) is 0 Å². The molecule has 0 N–H and O–H groups in total. The molecule has 11 aromatic rings. The van der Waals surface area contributed by atoms with Gasteiger partial charge in [0.1, 0.15) is 0 Å². The Kier molecular flexibility index (Phi) is 6.89. The number of fused-ring (bicyclic) bond motifs is 4. The maximum Gasteiger partial charge on any atom is 0.166 e. The smallest absolute Gasteiger partial charge is 0.166 e. The van der Waals surface area contributed by atoms with Crippen molar-refractivity contribution in [2.75, 3.05) is 0 Å². The number of hydrogen-bond acceptors (Lipinski definition) is 3. The highest BCUT2D eigenvalue weighted by atomic mass is 15.1. The van der Waals surface area contributed by atoms with Gasteiger partial charge in [0.25, 0.3) is 0 Å². The fraction of sp³-hybridized carbons (Fsp3) is 0. The van der Waals surface area contributed by atoms with Crippen molar-refractivity contribution < 1.29 is 0 Å². The Morgan fingerprint density at radius 3 is 1.63 bits per heavy atom. The lowest BCUT2D eigenvalue weighted by Gasteiger charge is -2.19. The van der Waals surface area contributed by atoms with Gasteiger partial charge in [-0.05, 0) is 79.2 Å². The molecule has 264 valence electrons. The average molecular weight is 725 g/mol. The van der Waals surface area contributed by atoms with Crippen molar-refractivity contribution in [3.05, 3.63) is 194 Å². The van der Waals surface area contributed by atoms with Crippen LogP contribution in [0.3, 0.4) is 0 Å². The van der Waals surface area contributed by atoms with E-state index in [1.165, 1.54) is 49.2 Å². The first-order chi connectivity index (χ1) is 28.3. The van der Waals surface area contributed by atoms with E-state index in [-0.39, 0.29) is 0 Å². The molecule has 0 radical (unpaired) electrons. The molecule has 2 aromatic heterocycles. The highest BCUT2D eigenvalue weighted by molar-refractivity contribution is 6.30. The molecule has 9 aromatic carbocycles. The van der Waals surface area contributed by atoms with Crippen LogP contribution in [0.15, 0.2) is 194 Å². The fourth-order valence-electron chi connectivity index (χ4n) is 9.07. The third-order valence-corrected chi connectivity index (χ3v) is 11.6. The Balaban J connectivity index is 1.22. The van der Waals surface area contributed by atoms with E-state index in [4.69, 9.17) is 15.0 Å². The van der Waals surface area contributed by atoms with Crippen LogP contribution >= 0.6 is 0 Å². The predicted molar refractivity (Wildman–Crippen MR) is 235 cm³/mol. The molecule has 2 heterocycles. The van der Waals surface area contributed by atoms with Crippen molar-refractivity contribution in [2.24, 2.45) is 0 Å². The Labute approximate surface area is 329 Å². The van der Waals surface area contributed by atoms with E-state index in [0.717, 1.165) is 49.9 Å². The van der Waals surface area contributed by atoms with Gasteiger partial charge >= 0.3 is 0 Å². The molecule has 0 spiro atoms. The highest BCUT2D eigenvalue weighted by Crippen LogP contribution is 2.50. The first-order valence-corrected chi connectivity index (χ1v) is 19.4. The van der Waals surface area contributed by atoms with E-state index in [2.05, 4.69) is 180 Å². The molecule has 12 rings (SSSR count). The van der Waals surface area contributed by atoms with Crippen LogP contribution in [-0.4, -0.2) is 19.5 Å². The summed E-state index contributed by atoms with van der Waals surface area (Å²) in [6, 6.07) is 69.2. The second-order valence-corrected chi connectivity index (χ2v) is 14.7. The van der Waals surface area contributed by atoms with Gasteiger partial charge in [0.2, 0.25) is 0 Å². The molecule has 57 heavy (non-hydrogen) atoms. The van der Waals surface area contributed by atoms with E-state index >= 15 is 0 Å². The molecule has 0 saturated heterocycles. The van der Waals surface area contributed by atoms with Crippen molar-refractivity contribution in [1.82, 2.24) is 19.5 Å². The second-order valence-electron chi connectivity index (χ2n) is 14.7. The van der Waals surface area contributed by atoms with Crippen molar-refractivity contribution in [1.29, 1.82) is 0 Å². The van der Waals surface area contributed by atoms with Crippen LogP contribution in [0.5, 0.6) is 0 Å². The number of hydrogen-bond donors (Lipinski definition) is 0. The topological polar surface area (TPSA) is 43.6 Å². The van der Waals surface area contributed by atoms with Gasteiger partial charge in [-0.1, -0.05) is 170 Å². The molecule has 0 fully saturated rings. The van der Waals surface area contributed by atoms with Crippen LogP contribution in [0, 0.1) is 0 Å². The van der Waals surface area contributed by atoms with Crippen molar-refractivity contribution in [2.45, 2.75) is 0 Å². The van der Waals surface area contributed by atoms with Gasteiger partial charge in [-0.2, -0.15) is 0 Å². The summed E-state index contributed by atoms with van der Waals surface area (Å²) < 4.78 is 2.45. The van der Waals surface area contributed by atoms with Crippen LogP contribution < -0.4 is 0 Å². The standard InChI is InChI=1S/C53H32N4/c1-3-15-34(16-4-1)39-23-12-27-45(49(39)53-55-51(36-17-5-2-6-18-36)54-52(56-53)38-29-28-33-14-7-8-19-37(33)32-38)57-44-26-13-25-43-41-22-10-9-21-40(41)42-24-11-20-35-30-31-46(57)50(47(35)42)48(43)44/h1-32H. The third kappa shape index (κ3) is 4.84. The minimum Gasteiger partial charge on any atom is -0.308 e. The fourth-order valence-corrected chi connectivity index (χ4v) is 9.07. The molecule has 0 unspecified atom stereocenters.